The van der Waals surface area contributed by atoms with Gasteiger partial charge in [-0.15, -0.1) is 0 Å². The highest BCUT2D eigenvalue weighted by atomic mass is 16.5. The van der Waals surface area contributed by atoms with Crippen molar-refractivity contribution in [2.45, 2.75) is 19.8 Å². The quantitative estimate of drug-likeness (QED) is 0.843. The molecule has 1 N–H and O–H groups in total. The Morgan fingerprint density at radius 2 is 1.86 bits per heavy atom. The molecule has 0 spiro atoms. The minimum Gasteiger partial charge on any atom is -0.378 e. The third-order valence-corrected chi connectivity index (χ3v) is 5.53. The lowest BCUT2D eigenvalue weighted by Crippen LogP contribution is -2.36. The molecule has 2 aromatic rings. The fraction of sp³-hybridized carbons (Fsp3) is 0.409. The average Bonchev–Trinajstić information content (AvgIpc) is 3.17. The monoisotopic (exact) mass is 394 g/mol. The fourth-order valence-corrected chi connectivity index (χ4v) is 3.74. The molecule has 3 heterocycles. The molecule has 1 atom stereocenters. The first-order valence-corrected chi connectivity index (χ1v) is 10.1. The number of carbonyl (C=O) groups is 2. The minimum absolute atomic E-state index is 0.0231. The van der Waals surface area contributed by atoms with Crippen LogP contribution in [0.15, 0.2) is 42.6 Å². The summed E-state index contributed by atoms with van der Waals surface area (Å²) in [6, 6.07) is 11.7. The van der Waals surface area contributed by atoms with Crippen molar-refractivity contribution in [3.05, 3.63) is 48.2 Å². The molecule has 7 nitrogen and oxygen atoms in total. The van der Waals surface area contributed by atoms with E-state index in [4.69, 9.17) is 4.74 Å². The number of hydrogen-bond acceptors (Lipinski definition) is 5. The smallest absolute Gasteiger partial charge is 0.230 e. The van der Waals surface area contributed by atoms with Crippen LogP contribution in [0.1, 0.15) is 18.9 Å². The lowest BCUT2D eigenvalue weighted by Gasteiger charge is -2.28. The standard InChI is InChI=1S/C22H26N4O3/c1-2-16-3-5-18(6-4-16)26-15-17(13-21(26)27)22(28)24-20-8-7-19(14-23-20)25-9-11-29-12-10-25/h3-8,14,17H,2,9-13,15H2,1H3,(H,23,24,28). The Morgan fingerprint density at radius 3 is 2.52 bits per heavy atom. The van der Waals surface area contributed by atoms with Crippen molar-refractivity contribution < 1.29 is 14.3 Å². The van der Waals surface area contributed by atoms with Crippen molar-refractivity contribution in [3.8, 4) is 0 Å². The van der Waals surface area contributed by atoms with Crippen LogP contribution in [0.2, 0.25) is 0 Å². The number of rotatable bonds is 5. The van der Waals surface area contributed by atoms with Crippen molar-refractivity contribution in [3.63, 3.8) is 0 Å². The van der Waals surface area contributed by atoms with Crippen LogP contribution in [0.5, 0.6) is 0 Å². The molecule has 152 valence electrons. The summed E-state index contributed by atoms with van der Waals surface area (Å²) in [5.41, 5.74) is 3.08. The molecule has 0 aliphatic carbocycles. The zero-order valence-electron chi connectivity index (χ0n) is 16.6. The molecule has 0 bridgehead atoms. The Hall–Kier alpha value is -2.93. The van der Waals surface area contributed by atoms with Gasteiger partial charge in [-0.3, -0.25) is 9.59 Å². The number of aryl methyl sites for hydroxylation is 1. The molecule has 4 rings (SSSR count). The number of anilines is 3. The van der Waals surface area contributed by atoms with Gasteiger partial charge in [-0.25, -0.2) is 4.98 Å². The van der Waals surface area contributed by atoms with E-state index in [9.17, 15) is 9.59 Å². The van der Waals surface area contributed by atoms with Crippen LogP contribution in [-0.4, -0.2) is 49.6 Å². The van der Waals surface area contributed by atoms with Crippen LogP contribution in [0, 0.1) is 5.92 Å². The van der Waals surface area contributed by atoms with Gasteiger partial charge in [0.15, 0.2) is 0 Å². The van der Waals surface area contributed by atoms with Gasteiger partial charge in [0, 0.05) is 31.7 Å². The maximum atomic E-state index is 12.7. The largest absolute Gasteiger partial charge is 0.378 e. The molecule has 29 heavy (non-hydrogen) atoms. The zero-order valence-corrected chi connectivity index (χ0v) is 16.6. The molecule has 1 aromatic carbocycles. The SMILES string of the molecule is CCc1ccc(N2CC(C(=O)Nc3ccc(N4CCOCC4)cn3)CC2=O)cc1. The van der Waals surface area contributed by atoms with Gasteiger partial charge in [0.1, 0.15) is 5.82 Å². The van der Waals surface area contributed by atoms with Crippen molar-refractivity contribution in [1.82, 2.24) is 4.98 Å². The number of morpholine rings is 1. The number of nitrogens with zero attached hydrogens (tertiary/aromatic N) is 3. The van der Waals surface area contributed by atoms with E-state index in [-0.39, 0.29) is 24.2 Å². The number of aromatic nitrogens is 1. The number of ether oxygens (including phenoxy) is 1. The maximum absolute atomic E-state index is 12.7. The number of pyridine rings is 1. The second-order valence-electron chi connectivity index (χ2n) is 7.42. The first kappa shape index (κ1) is 19.4. The van der Waals surface area contributed by atoms with E-state index in [1.807, 2.05) is 30.3 Å². The molecule has 2 amide bonds. The third kappa shape index (κ3) is 4.40. The van der Waals surface area contributed by atoms with Gasteiger partial charge in [-0.2, -0.15) is 0 Å². The highest BCUT2D eigenvalue weighted by Gasteiger charge is 2.35. The van der Waals surface area contributed by atoms with Crippen molar-refractivity contribution in [1.29, 1.82) is 0 Å². The minimum atomic E-state index is -0.380. The predicted octanol–water partition coefficient (Wildman–Crippen LogP) is 2.47. The average molecular weight is 394 g/mol. The Balaban J connectivity index is 1.36. The zero-order chi connectivity index (χ0) is 20.2. The van der Waals surface area contributed by atoms with Gasteiger partial charge in [-0.05, 0) is 36.2 Å². The number of nitrogens with one attached hydrogen (secondary N) is 1. The Morgan fingerprint density at radius 1 is 1.14 bits per heavy atom. The van der Waals surface area contributed by atoms with Gasteiger partial charge < -0.3 is 19.9 Å². The van der Waals surface area contributed by atoms with Crippen LogP contribution in [0.3, 0.4) is 0 Å². The van der Waals surface area contributed by atoms with Gasteiger partial charge in [0.25, 0.3) is 0 Å². The van der Waals surface area contributed by atoms with Crippen LogP contribution in [0.4, 0.5) is 17.2 Å². The summed E-state index contributed by atoms with van der Waals surface area (Å²) in [6.45, 7) is 5.59. The summed E-state index contributed by atoms with van der Waals surface area (Å²) in [7, 11) is 0. The lowest BCUT2D eigenvalue weighted by atomic mass is 10.1. The predicted molar refractivity (Wildman–Crippen MR) is 112 cm³/mol. The molecular weight excluding hydrogens is 368 g/mol. The number of benzene rings is 1. The van der Waals surface area contributed by atoms with Crippen molar-refractivity contribution in [2.75, 3.05) is 48.0 Å². The molecule has 0 radical (unpaired) electrons. The Labute approximate surface area is 170 Å². The van der Waals surface area contributed by atoms with E-state index in [1.165, 1.54) is 5.56 Å². The summed E-state index contributed by atoms with van der Waals surface area (Å²) in [5, 5.41) is 2.85. The summed E-state index contributed by atoms with van der Waals surface area (Å²) in [4.78, 5) is 33.4. The molecule has 0 saturated carbocycles. The summed E-state index contributed by atoms with van der Waals surface area (Å²) in [6.07, 6.45) is 2.94. The van der Waals surface area contributed by atoms with E-state index in [2.05, 4.69) is 22.1 Å². The normalized spacial score (nSPS) is 19.5. The molecule has 2 fully saturated rings. The molecule has 1 aromatic heterocycles. The number of hydrogen-bond donors (Lipinski definition) is 1. The third-order valence-electron chi connectivity index (χ3n) is 5.53. The molecule has 1 unspecified atom stereocenters. The first-order valence-electron chi connectivity index (χ1n) is 10.1. The molecule has 7 heteroatoms. The number of amides is 2. The second kappa shape index (κ2) is 8.61. The van der Waals surface area contributed by atoms with Crippen LogP contribution in [0.25, 0.3) is 0 Å². The Bertz CT molecular complexity index is 861. The summed E-state index contributed by atoms with van der Waals surface area (Å²) >= 11 is 0. The van der Waals surface area contributed by atoms with E-state index >= 15 is 0 Å². The van der Waals surface area contributed by atoms with Gasteiger partial charge in [0.2, 0.25) is 11.8 Å². The van der Waals surface area contributed by atoms with Crippen LogP contribution >= 0.6 is 0 Å². The maximum Gasteiger partial charge on any atom is 0.230 e. The highest BCUT2D eigenvalue weighted by molar-refractivity contribution is 6.03. The van der Waals surface area contributed by atoms with E-state index in [1.54, 1.807) is 17.2 Å². The molecule has 2 aliphatic heterocycles. The van der Waals surface area contributed by atoms with E-state index in [0.29, 0.717) is 25.6 Å². The lowest BCUT2D eigenvalue weighted by molar-refractivity contribution is -0.122. The van der Waals surface area contributed by atoms with Gasteiger partial charge in [-0.1, -0.05) is 19.1 Å². The molecule has 2 aliphatic rings. The van der Waals surface area contributed by atoms with E-state index < -0.39 is 0 Å². The Kier molecular flexibility index (Phi) is 5.76. The first-order chi connectivity index (χ1) is 14.1. The second-order valence-corrected chi connectivity index (χ2v) is 7.42. The van der Waals surface area contributed by atoms with Crippen molar-refractivity contribution >= 4 is 29.0 Å². The topological polar surface area (TPSA) is 74.8 Å². The molecular formula is C22H26N4O3. The van der Waals surface area contributed by atoms with Gasteiger partial charge >= 0.3 is 0 Å². The number of carbonyl (C=O) groups excluding carboxylic acids is 2. The van der Waals surface area contributed by atoms with Crippen LogP contribution in [-0.2, 0) is 20.7 Å². The summed E-state index contributed by atoms with van der Waals surface area (Å²) < 4.78 is 5.36. The molecule has 2 saturated heterocycles. The van der Waals surface area contributed by atoms with Crippen molar-refractivity contribution in [2.24, 2.45) is 5.92 Å². The van der Waals surface area contributed by atoms with Gasteiger partial charge in [0.05, 0.1) is 31.0 Å². The fourth-order valence-electron chi connectivity index (χ4n) is 3.74. The highest BCUT2D eigenvalue weighted by Crippen LogP contribution is 2.26. The summed E-state index contributed by atoms with van der Waals surface area (Å²) in [5.74, 6) is -0.0676. The van der Waals surface area contributed by atoms with E-state index in [0.717, 1.165) is 30.9 Å². The van der Waals surface area contributed by atoms with Crippen LogP contribution < -0.4 is 15.1 Å².